The van der Waals surface area contributed by atoms with Crippen molar-refractivity contribution in [2.75, 3.05) is 11.4 Å². The van der Waals surface area contributed by atoms with Crippen LogP contribution in [0.4, 0.5) is 5.69 Å². The number of anilines is 1. The highest BCUT2D eigenvalue weighted by Gasteiger charge is 2.12. The Kier molecular flexibility index (Phi) is 9.68. The number of hydrogen-bond donors (Lipinski definition) is 0. The molecule has 0 fully saturated rings. The van der Waals surface area contributed by atoms with Crippen LogP contribution in [0.1, 0.15) is 38.7 Å². The van der Waals surface area contributed by atoms with Crippen molar-refractivity contribution in [3.8, 4) is 11.1 Å². The largest absolute Gasteiger partial charge is 0.341 e. The molecule has 6 aromatic rings. The lowest BCUT2D eigenvalue weighted by Crippen LogP contribution is -2.28. The summed E-state index contributed by atoms with van der Waals surface area (Å²) >= 11 is 0. The molecule has 0 aliphatic rings. The van der Waals surface area contributed by atoms with Gasteiger partial charge < -0.3 is 4.90 Å². The molecule has 0 N–H and O–H groups in total. The van der Waals surface area contributed by atoms with Crippen molar-refractivity contribution in [3.63, 3.8) is 0 Å². The van der Waals surface area contributed by atoms with Crippen molar-refractivity contribution < 1.29 is 0 Å². The zero-order valence-corrected chi connectivity index (χ0v) is 26.4. The summed E-state index contributed by atoms with van der Waals surface area (Å²) in [6.45, 7) is 5.17. The summed E-state index contributed by atoms with van der Waals surface area (Å²) < 4.78 is 0. The molecule has 1 heteroatoms. The highest BCUT2D eigenvalue weighted by molar-refractivity contribution is 5.96. The first kappa shape index (κ1) is 29.9. The van der Waals surface area contributed by atoms with Crippen molar-refractivity contribution in [1.29, 1.82) is 0 Å². The molecular formula is C44H41N. The van der Waals surface area contributed by atoms with Gasteiger partial charge in [-0.2, -0.15) is 0 Å². The van der Waals surface area contributed by atoms with Crippen molar-refractivity contribution >= 4 is 45.5 Å². The molecule has 0 aliphatic heterocycles. The predicted molar refractivity (Wildman–Crippen MR) is 198 cm³/mol. The fraction of sp³-hybridized carbons (Fsp3) is 0.136. The maximum atomic E-state index is 2.49. The number of nitrogens with zero attached hydrogens (tertiary/aromatic N) is 1. The van der Waals surface area contributed by atoms with Crippen molar-refractivity contribution in [1.82, 2.24) is 0 Å². The van der Waals surface area contributed by atoms with E-state index in [0.29, 0.717) is 0 Å². The van der Waals surface area contributed by atoms with E-state index in [0.717, 1.165) is 25.8 Å². The summed E-state index contributed by atoms with van der Waals surface area (Å²) in [4.78, 5) is 2.49. The molecule has 0 aliphatic carbocycles. The fourth-order valence-electron chi connectivity index (χ4n) is 6.16. The first-order valence-electron chi connectivity index (χ1n) is 16.2. The van der Waals surface area contributed by atoms with Gasteiger partial charge in [0, 0.05) is 17.9 Å². The lowest BCUT2D eigenvalue weighted by Gasteiger charge is -2.27. The van der Waals surface area contributed by atoms with E-state index in [2.05, 4.69) is 183 Å². The predicted octanol–water partition coefficient (Wildman–Crippen LogP) is 10.5. The van der Waals surface area contributed by atoms with E-state index < -0.39 is 0 Å². The molecule has 6 rings (SSSR count). The Labute approximate surface area is 267 Å². The van der Waals surface area contributed by atoms with E-state index >= 15 is 0 Å². The monoisotopic (exact) mass is 583 g/mol. The summed E-state index contributed by atoms with van der Waals surface area (Å²) in [6, 6.07) is 48.1. The van der Waals surface area contributed by atoms with Gasteiger partial charge in [0.15, 0.2) is 0 Å². The van der Waals surface area contributed by atoms with Crippen LogP contribution >= 0.6 is 0 Å². The van der Waals surface area contributed by atoms with E-state index in [1.54, 1.807) is 0 Å². The van der Waals surface area contributed by atoms with Crippen LogP contribution in [-0.4, -0.2) is 6.54 Å². The van der Waals surface area contributed by atoms with E-state index in [-0.39, 0.29) is 0 Å². The molecular weight excluding hydrogens is 542 g/mol. The van der Waals surface area contributed by atoms with Crippen molar-refractivity contribution in [2.45, 2.75) is 33.1 Å². The number of allylic oxidation sites excluding steroid dienone is 3. The molecule has 1 nitrogen and oxygen atoms in total. The highest BCUT2D eigenvalue weighted by atomic mass is 15.1. The Morgan fingerprint density at radius 2 is 1.29 bits per heavy atom. The highest BCUT2D eigenvalue weighted by Crippen LogP contribution is 2.31. The zero-order chi connectivity index (χ0) is 30.8. The van der Waals surface area contributed by atoms with Crippen molar-refractivity contribution in [2.24, 2.45) is 0 Å². The third kappa shape index (κ3) is 7.00. The molecule has 222 valence electrons. The fourth-order valence-corrected chi connectivity index (χ4v) is 6.16. The molecule has 0 amide bonds. The molecule has 6 aromatic carbocycles. The van der Waals surface area contributed by atoms with Crippen LogP contribution in [0.3, 0.4) is 0 Å². The molecule has 0 saturated carbocycles. The van der Waals surface area contributed by atoms with Gasteiger partial charge in [-0.1, -0.05) is 159 Å². The first-order chi connectivity index (χ1) is 22.2. The average molecular weight is 584 g/mol. The van der Waals surface area contributed by atoms with Gasteiger partial charge in [-0.15, -0.1) is 0 Å². The second-order valence-electron chi connectivity index (χ2n) is 11.5. The van der Waals surface area contributed by atoms with Gasteiger partial charge in [0.05, 0.1) is 0 Å². The van der Waals surface area contributed by atoms with E-state index in [1.165, 1.54) is 60.1 Å². The third-order valence-electron chi connectivity index (χ3n) is 8.60. The Hall–Kier alpha value is -5.14. The van der Waals surface area contributed by atoms with Crippen LogP contribution in [0.2, 0.25) is 0 Å². The lowest BCUT2D eigenvalue weighted by atomic mass is 9.98. The Morgan fingerprint density at radius 3 is 2.04 bits per heavy atom. The number of benzene rings is 6. The van der Waals surface area contributed by atoms with E-state index in [4.69, 9.17) is 0 Å². The number of fused-ring (bicyclic) bond motifs is 2. The molecule has 0 atom stereocenters. The molecule has 0 radical (unpaired) electrons. The number of unbranched alkanes of at least 4 members (excludes halogenated alkanes) is 1. The minimum atomic E-state index is 0.788. The van der Waals surface area contributed by atoms with Crippen molar-refractivity contribution in [3.05, 3.63) is 167 Å². The summed E-state index contributed by atoms with van der Waals surface area (Å²) in [7, 11) is 0. The molecule has 0 aromatic heterocycles. The topological polar surface area (TPSA) is 3.24 Å². The van der Waals surface area contributed by atoms with Crippen LogP contribution < -0.4 is 15.3 Å². The van der Waals surface area contributed by atoms with Crippen LogP contribution in [0.5, 0.6) is 0 Å². The lowest BCUT2D eigenvalue weighted by molar-refractivity contribution is 0.762. The second-order valence-corrected chi connectivity index (χ2v) is 11.5. The van der Waals surface area contributed by atoms with E-state index in [9.17, 15) is 0 Å². The maximum Gasteiger partial charge on any atom is 0.0417 e. The molecule has 45 heavy (non-hydrogen) atoms. The minimum Gasteiger partial charge on any atom is -0.341 e. The van der Waals surface area contributed by atoms with Crippen LogP contribution in [0.25, 0.3) is 50.9 Å². The Balaban J connectivity index is 1.40. The SMILES string of the molecule is C/C=c1/cccc/c1=C/CN(/C(=C/C=C/c1cccc2ccccc12)CCCC)c1ccc(-c2cccc3ccccc23)cc1. The summed E-state index contributed by atoms with van der Waals surface area (Å²) in [5.74, 6) is 0. The van der Waals surface area contributed by atoms with Gasteiger partial charge in [-0.3, -0.25) is 0 Å². The standard InChI is InChI=1S/C44H41N/c1-3-5-23-40(24-13-21-37-20-12-19-36-17-8-10-25-42(36)37)45(33-32-35-16-7-6-15-34(35)4-2)41-30-28-39(29-31-41)44-27-14-22-38-18-9-11-26-43(38)44/h4,6-22,24-32H,3,5,23,33H2,1-2H3/b21-13+,34-4-,35-32-,40-24+. The Bertz CT molecular complexity index is 2070. The molecule has 0 bridgehead atoms. The summed E-state index contributed by atoms with van der Waals surface area (Å²) in [5.41, 5.74) is 6.27. The number of rotatable bonds is 10. The quantitative estimate of drug-likeness (QED) is 0.145. The Morgan fingerprint density at radius 1 is 0.644 bits per heavy atom. The van der Waals surface area contributed by atoms with Gasteiger partial charge in [-0.05, 0) is 86.6 Å². The van der Waals surface area contributed by atoms with Gasteiger partial charge in [-0.25, -0.2) is 0 Å². The second kappa shape index (κ2) is 14.6. The smallest absolute Gasteiger partial charge is 0.0417 e. The van der Waals surface area contributed by atoms with E-state index in [1.807, 2.05) is 0 Å². The van der Waals surface area contributed by atoms with Crippen LogP contribution in [0.15, 0.2) is 151 Å². The average Bonchev–Trinajstić information content (AvgIpc) is 3.10. The van der Waals surface area contributed by atoms with Gasteiger partial charge in [0.1, 0.15) is 0 Å². The zero-order valence-electron chi connectivity index (χ0n) is 26.4. The van der Waals surface area contributed by atoms with Gasteiger partial charge in [0.25, 0.3) is 0 Å². The molecule has 0 saturated heterocycles. The summed E-state index contributed by atoms with van der Waals surface area (Å²) in [5, 5.41) is 7.62. The maximum absolute atomic E-state index is 2.49. The first-order valence-corrected chi connectivity index (χ1v) is 16.2. The molecule has 0 spiro atoms. The van der Waals surface area contributed by atoms with Gasteiger partial charge >= 0.3 is 0 Å². The molecule has 0 unspecified atom stereocenters. The van der Waals surface area contributed by atoms with Gasteiger partial charge in [0.2, 0.25) is 0 Å². The minimum absolute atomic E-state index is 0.788. The van der Waals surface area contributed by atoms with Crippen LogP contribution in [0, 0.1) is 0 Å². The third-order valence-corrected chi connectivity index (χ3v) is 8.60. The molecule has 0 heterocycles. The normalized spacial score (nSPS) is 12.9. The summed E-state index contributed by atoms with van der Waals surface area (Å²) in [6.07, 6.45) is 14.7. The van der Waals surface area contributed by atoms with Crippen LogP contribution in [-0.2, 0) is 0 Å². The number of hydrogen-bond acceptors (Lipinski definition) is 1.